The Morgan fingerprint density at radius 3 is 2.64 bits per heavy atom. The molecule has 1 amide bonds. The van der Waals surface area contributed by atoms with Crippen molar-refractivity contribution in [3.63, 3.8) is 0 Å². The lowest BCUT2D eigenvalue weighted by atomic mass is 9.83. The second kappa shape index (κ2) is 6.26. The van der Waals surface area contributed by atoms with Crippen LogP contribution in [0, 0.1) is 11.6 Å². The molecule has 2 nitrogen and oxygen atoms in total. The number of carbonyl (C=O) groups is 1. The van der Waals surface area contributed by atoms with Gasteiger partial charge in [0.2, 0.25) is 0 Å². The number of nitrogens with one attached hydrogen (secondary N) is 1. The second-order valence-corrected chi connectivity index (χ2v) is 5.66. The lowest BCUT2D eigenvalue weighted by molar-refractivity contribution is 0.0949. The highest BCUT2D eigenvalue weighted by atomic mass is 19.1. The van der Waals surface area contributed by atoms with Gasteiger partial charge in [-0.3, -0.25) is 4.79 Å². The number of amides is 1. The Labute approximate surface area is 128 Å². The molecule has 0 fully saturated rings. The second-order valence-electron chi connectivity index (χ2n) is 5.66. The number of aryl methyl sites for hydroxylation is 1. The zero-order chi connectivity index (χ0) is 15.5. The summed E-state index contributed by atoms with van der Waals surface area (Å²) in [6, 6.07) is 11.1. The maximum Gasteiger partial charge on any atom is 0.251 e. The van der Waals surface area contributed by atoms with E-state index in [1.165, 1.54) is 11.1 Å². The molecule has 22 heavy (non-hydrogen) atoms. The van der Waals surface area contributed by atoms with E-state index in [4.69, 9.17) is 0 Å². The summed E-state index contributed by atoms with van der Waals surface area (Å²) < 4.78 is 26.3. The normalized spacial score (nSPS) is 16.9. The van der Waals surface area contributed by atoms with Gasteiger partial charge in [0.05, 0.1) is 0 Å². The fourth-order valence-electron chi connectivity index (χ4n) is 3.07. The molecule has 0 aromatic heterocycles. The summed E-state index contributed by atoms with van der Waals surface area (Å²) in [5.41, 5.74) is 2.60. The molecule has 1 aliphatic carbocycles. The number of benzene rings is 2. The number of hydrogen-bond donors (Lipinski definition) is 1. The third-order valence-corrected chi connectivity index (χ3v) is 4.13. The van der Waals surface area contributed by atoms with Crippen LogP contribution in [0.5, 0.6) is 0 Å². The van der Waals surface area contributed by atoms with Crippen molar-refractivity contribution in [2.75, 3.05) is 6.54 Å². The molecule has 0 spiro atoms. The van der Waals surface area contributed by atoms with Crippen LogP contribution in [0.2, 0.25) is 0 Å². The van der Waals surface area contributed by atoms with Crippen LogP contribution in [0.3, 0.4) is 0 Å². The van der Waals surface area contributed by atoms with Crippen molar-refractivity contribution >= 4 is 5.91 Å². The summed E-state index contributed by atoms with van der Waals surface area (Å²) in [6.07, 6.45) is 3.16. The van der Waals surface area contributed by atoms with E-state index in [9.17, 15) is 13.6 Å². The standard InChI is InChI=1S/C18H17F2NO/c19-15-8-14(9-16(20)10-15)18(22)21-11-13-6-3-5-12-4-1-2-7-17(12)13/h1-2,4,7-10,13H,3,5-6,11H2,(H,21,22). The smallest absolute Gasteiger partial charge is 0.251 e. The molecule has 0 aliphatic heterocycles. The van der Waals surface area contributed by atoms with Gasteiger partial charge in [0.25, 0.3) is 5.91 Å². The lowest BCUT2D eigenvalue weighted by Gasteiger charge is -2.25. The molecule has 1 aliphatic rings. The maximum atomic E-state index is 13.2. The number of carbonyl (C=O) groups excluding carboxylic acids is 1. The summed E-state index contributed by atoms with van der Waals surface area (Å²) in [6.45, 7) is 0.480. The summed E-state index contributed by atoms with van der Waals surface area (Å²) in [5.74, 6) is -1.67. The number of halogens is 2. The first-order valence-electron chi connectivity index (χ1n) is 7.45. The van der Waals surface area contributed by atoms with Crippen LogP contribution < -0.4 is 5.32 Å². The Morgan fingerprint density at radius 1 is 1.14 bits per heavy atom. The van der Waals surface area contributed by atoms with E-state index in [0.717, 1.165) is 37.5 Å². The fraction of sp³-hybridized carbons (Fsp3) is 0.278. The van der Waals surface area contributed by atoms with Crippen molar-refractivity contribution in [1.29, 1.82) is 0 Å². The highest BCUT2D eigenvalue weighted by Gasteiger charge is 2.20. The van der Waals surface area contributed by atoms with E-state index in [1.54, 1.807) is 0 Å². The van der Waals surface area contributed by atoms with Gasteiger partial charge in [0, 0.05) is 24.1 Å². The molecule has 1 unspecified atom stereocenters. The quantitative estimate of drug-likeness (QED) is 0.917. The lowest BCUT2D eigenvalue weighted by Crippen LogP contribution is -2.30. The van der Waals surface area contributed by atoms with Crippen LogP contribution >= 0.6 is 0 Å². The molecule has 0 radical (unpaired) electrons. The van der Waals surface area contributed by atoms with Gasteiger partial charge in [-0.25, -0.2) is 8.78 Å². The minimum Gasteiger partial charge on any atom is -0.351 e. The number of rotatable bonds is 3. The van der Waals surface area contributed by atoms with Gasteiger partial charge in [-0.15, -0.1) is 0 Å². The summed E-state index contributed by atoms with van der Waals surface area (Å²) in [4.78, 5) is 12.1. The monoisotopic (exact) mass is 301 g/mol. The molecule has 0 saturated carbocycles. The molecule has 0 saturated heterocycles. The molecule has 0 bridgehead atoms. The van der Waals surface area contributed by atoms with Crippen molar-refractivity contribution in [1.82, 2.24) is 5.32 Å². The predicted molar refractivity (Wildman–Crippen MR) is 80.8 cm³/mol. The molecule has 2 aromatic carbocycles. The molecule has 4 heteroatoms. The van der Waals surface area contributed by atoms with Gasteiger partial charge in [0.1, 0.15) is 11.6 Å². The maximum absolute atomic E-state index is 13.2. The van der Waals surface area contributed by atoms with Gasteiger partial charge in [-0.2, -0.15) is 0 Å². The minimum absolute atomic E-state index is 0.0154. The van der Waals surface area contributed by atoms with Crippen molar-refractivity contribution in [2.24, 2.45) is 0 Å². The molecule has 1 atom stereocenters. The summed E-state index contributed by atoms with van der Waals surface area (Å²) >= 11 is 0. The van der Waals surface area contributed by atoms with Crippen LogP contribution in [-0.2, 0) is 6.42 Å². The van der Waals surface area contributed by atoms with Crippen LogP contribution in [0.25, 0.3) is 0 Å². The molecular weight excluding hydrogens is 284 g/mol. The van der Waals surface area contributed by atoms with Crippen molar-refractivity contribution in [2.45, 2.75) is 25.2 Å². The molecular formula is C18H17F2NO. The largest absolute Gasteiger partial charge is 0.351 e. The Kier molecular flexibility index (Phi) is 4.18. The van der Waals surface area contributed by atoms with Crippen LogP contribution in [0.4, 0.5) is 8.78 Å². The average molecular weight is 301 g/mol. The van der Waals surface area contributed by atoms with E-state index in [0.29, 0.717) is 6.54 Å². The molecule has 0 heterocycles. The highest BCUT2D eigenvalue weighted by molar-refractivity contribution is 5.94. The van der Waals surface area contributed by atoms with E-state index >= 15 is 0 Å². The zero-order valence-electron chi connectivity index (χ0n) is 12.1. The third kappa shape index (κ3) is 3.16. The van der Waals surface area contributed by atoms with E-state index in [-0.39, 0.29) is 11.5 Å². The number of hydrogen-bond acceptors (Lipinski definition) is 1. The predicted octanol–water partition coefficient (Wildman–Crippen LogP) is 3.81. The highest BCUT2D eigenvalue weighted by Crippen LogP contribution is 2.30. The molecule has 1 N–H and O–H groups in total. The van der Waals surface area contributed by atoms with Gasteiger partial charge in [0.15, 0.2) is 0 Å². The Hall–Kier alpha value is -2.23. The summed E-state index contributed by atoms with van der Waals surface area (Å²) in [5, 5.41) is 2.79. The summed E-state index contributed by atoms with van der Waals surface area (Å²) in [7, 11) is 0. The SMILES string of the molecule is O=C(NCC1CCCc2ccccc21)c1cc(F)cc(F)c1. The number of fused-ring (bicyclic) bond motifs is 1. The first kappa shape index (κ1) is 14.7. The molecule has 2 aromatic rings. The first-order chi connectivity index (χ1) is 10.6. The van der Waals surface area contributed by atoms with Gasteiger partial charge >= 0.3 is 0 Å². The van der Waals surface area contributed by atoms with Crippen LogP contribution in [0.1, 0.15) is 40.2 Å². The molecule has 114 valence electrons. The Bertz CT molecular complexity index is 679. The Balaban J connectivity index is 1.69. The minimum atomic E-state index is -0.742. The van der Waals surface area contributed by atoms with E-state index in [2.05, 4.69) is 17.4 Å². The first-order valence-corrected chi connectivity index (χ1v) is 7.45. The van der Waals surface area contributed by atoms with Crippen molar-refractivity contribution < 1.29 is 13.6 Å². The van der Waals surface area contributed by atoms with Crippen LogP contribution in [-0.4, -0.2) is 12.5 Å². The Morgan fingerprint density at radius 2 is 1.86 bits per heavy atom. The van der Waals surface area contributed by atoms with E-state index < -0.39 is 17.5 Å². The zero-order valence-corrected chi connectivity index (χ0v) is 12.1. The third-order valence-electron chi connectivity index (χ3n) is 4.13. The van der Waals surface area contributed by atoms with Gasteiger partial charge in [-0.05, 0) is 42.5 Å². The van der Waals surface area contributed by atoms with Crippen molar-refractivity contribution in [3.8, 4) is 0 Å². The van der Waals surface area contributed by atoms with Crippen molar-refractivity contribution in [3.05, 3.63) is 70.8 Å². The van der Waals surface area contributed by atoms with E-state index in [1.807, 2.05) is 12.1 Å². The topological polar surface area (TPSA) is 29.1 Å². The fourth-order valence-corrected chi connectivity index (χ4v) is 3.07. The van der Waals surface area contributed by atoms with Crippen LogP contribution in [0.15, 0.2) is 42.5 Å². The van der Waals surface area contributed by atoms with Gasteiger partial charge < -0.3 is 5.32 Å². The molecule has 3 rings (SSSR count). The average Bonchev–Trinajstić information content (AvgIpc) is 2.51. The van der Waals surface area contributed by atoms with Gasteiger partial charge in [-0.1, -0.05) is 24.3 Å².